The lowest BCUT2D eigenvalue weighted by molar-refractivity contribution is 0.553. The van der Waals surface area contributed by atoms with Crippen LogP contribution in [0.25, 0.3) is 0 Å². The minimum Gasteiger partial charge on any atom is -0.399 e. The summed E-state index contributed by atoms with van der Waals surface area (Å²) in [6.45, 7) is 0. The van der Waals surface area contributed by atoms with Crippen molar-refractivity contribution < 1.29 is 0 Å². The Labute approximate surface area is 80.0 Å². The zero-order valence-corrected chi connectivity index (χ0v) is 7.87. The molecule has 1 fully saturated rings. The second kappa shape index (κ2) is 3.82. The Hall–Kier alpha value is -0.980. The van der Waals surface area contributed by atoms with Gasteiger partial charge < -0.3 is 5.73 Å². The van der Waals surface area contributed by atoms with Gasteiger partial charge in [0.2, 0.25) is 0 Å². The summed E-state index contributed by atoms with van der Waals surface area (Å²) in [6.07, 6.45) is 7.54. The molecule has 13 heavy (non-hydrogen) atoms. The SMILES string of the molecule is Nc1cccc(CC2C[CH]CC2)c1. The third-order valence-corrected chi connectivity index (χ3v) is 2.75. The smallest absolute Gasteiger partial charge is 0.0316 e. The summed E-state index contributed by atoms with van der Waals surface area (Å²) in [5.41, 5.74) is 8.00. The summed E-state index contributed by atoms with van der Waals surface area (Å²) in [7, 11) is 0. The van der Waals surface area contributed by atoms with E-state index in [2.05, 4.69) is 18.6 Å². The summed E-state index contributed by atoms with van der Waals surface area (Å²) in [6, 6.07) is 8.26. The third kappa shape index (κ3) is 2.24. The van der Waals surface area contributed by atoms with Crippen LogP contribution in [0, 0.1) is 12.3 Å². The number of anilines is 1. The molecule has 2 rings (SSSR count). The summed E-state index contributed by atoms with van der Waals surface area (Å²) in [4.78, 5) is 0. The van der Waals surface area contributed by atoms with Gasteiger partial charge in [0, 0.05) is 5.69 Å². The molecule has 1 aromatic rings. The maximum atomic E-state index is 5.73. The van der Waals surface area contributed by atoms with Crippen LogP contribution < -0.4 is 5.73 Å². The first-order valence-corrected chi connectivity index (χ1v) is 5.00. The Morgan fingerprint density at radius 3 is 3.00 bits per heavy atom. The number of rotatable bonds is 2. The van der Waals surface area contributed by atoms with Crippen molar-refractivity contribution in [2.24, 2.45) is 5.92 Å². The zero-order valence-electron chi connectivity index (χ0n) is 7.87. The molecule has 0 aliphatic heterocycles. The Kier molecular flexibility index (Phi) is 2.53. The molecule has 0 bridgehead atoms. The molecule has 69 valence electrons. The Morgan fingerprint density at radius 2 is 2.31 bits per heavy atom. The summed E-state index contributed by atoms with van der Waals surface area (Å²) in [5, 5.41) is 0. The lowest BCUT2D eigenvalue weighted by Crippen LogP contribution is -1.99. The molecule has 0 spiro atoms. The monoisotopic (exact) mass is 174 g/mol. The van der Waals surface area contributed by atoms with E-state index in [9.17, 15) is 0 Å². The summed E-state index contributed by atoms with van der Waals surface area (Å²) >= 11 is 0. The Bertz CT molecular complexity index is 274. The van der Waals surface area contributed by atoms with Gasteiger partial charge in [0.25, 0.3) is 0 Å². The van der Waals surface area contributed by atoms with E-state index in [-0.39, 0.29) is 0 Å². The number of nitrogens with two attached hydrogens (primary N) is 1. The van der Waals surface area contributed by atoms with Crippen molar-refractivity contribution in [3.05, 3.63) is 36.2 Å². The van der Waals surface area contributed by atoms with E-state index in [0.717, 1.165) is 11.6 Å². The van der Waals surface area contributed by atoms with Crippen LogP contribution in [0.5, 0.6) is 0 Å². The van der Waals surface area contributed by atoms with E-state index in [1.54, 1.807) is 0 Å². The second-order valence-electron chi connectivity index (χ2n) is 3.92. The van der Waals surface area contributed by atoms with E-state index < -0.39 is 0 Å². The van der Waals surface area contributed by atoms with Crippen molar-refractivity contribution in [3.8, 4) is 0 Å². The number of hydrogen-bond acceptors (Lipinski definition) is 1. The molecule has 1 heteroatoms. The van der Waals surface area contributed by atoms with Crippen molar-refractivity contribution in [2.45, 2.75) is 25.7 Å². The van der Waals surface area contributed by atoms with Crippen LogP contribution >= 0.6 is 0 Å². The molecule has 1 atom stereocenters. The first-order valence-electron chi connectivity index (χ1n) is 5.00. The number of nitrogen functional groups attached to an aromatic ring is 1. The number of hydrogen-bond donors (Lipinski definition) is 1. The van der Waals surface area contributed by atoms with Crippen LogP contribution in [0.4, 0.5) is 5.69 Å². The molecule has 1 aromatic carbocycles. The average molecular weight is 174 g/mol. The molecule has 0 amide bonds. The molecule has 1 aliphatic rings. The normalized spacial score (nSPS) is 17.8. The molecule has 1 radical (unpaired) electrons. The van der Waals surface area contributed by atoms with Gasteiger partial charge in [0.1, 0.15) is 0 Å². The predicted molar refractivity (Wildman–Crippen MR) is 56.2 cm³/mol. The lowest BCUT2D eigenvalue weighted by atomic mass is 9.98. The molecule has 1 unspecified atom stereocenters. The molecular weight excluding hydrogens is 158 g/mol. The van der Waals surface area contributed by atoms with Crippen molar-refractivity contribution >= 4 is 5.69 Å². The molecule has 1 aliphatic carbocycles. The van der Waals surface area contributed by atoms with Gasteiger partial charge >= 0.3 is 0 Å². The highest BCUT2D eigenvalue weighted by molar-refractivity contribution is 5.40. The highest BCUT2D eigenvalue weighted by Gasteiger charge is 2.15. The minimum atomic E-state index is 0.863. The van der Waals surface area contributed by atoms with E-state index >= 15 is 0 Å². The summed E-state index contributed by atoms with van der Waals surface area (Å²) < 4.78 is 0. The topological polar surface area (TPSA) is 26.0 Å². The third-order valence-electron chi connectivity index (χ3n) is 2.75. The van der Waals surface area contributed by atoms with Crippen LogP contribution in [0.15, 0.2) is 24.3 Å². The standard InChI is InChI=1S/C12H16N/c13-12-7-3-6-11(9-12)8-10-4-1-2-5-10/h1,3,6-7,9-10H,2,4-5,8,13H2. The molecular formula is C12H16N. The van der Waals surface area contributed by atoms with Crippen molar-refractivity contribution in [1.82, 2.24) is 0 Å². The van der Waals surface area contributed by atoms with Crippen molar-refractivity contribution in [3.63, 3.8) is 0 Å². The van der Waals surface area contributed by atoms with Gasteiger partial charge in [0.15, 0.2) is 0 Å². The highest BCUT2D eigenvalue weighted by Crippen LogP contribution is 2.27. The molecule has 1 saturated carbocycles. The summed E-state index contributed by atoms with van der Waals surface area (Å²) in [5.74, 6) is 0.863. The van der Waals surface area contributed by atoms with E-state index in [1.165, 1.54) is 31.2 Å². The van der Waals surface area contributed by atoms with Crippen LogP contribution in [-0.2, 0) is 6.42 Å². The van der Waals surface area contributed by atoms with Crippen LogP contribution in [0.3, 0.4) is 0 Å². The fourth-order valence-electron chi connectivity index (χ4n) is 2.06. The van der Waals surface area contributed by atoms with E-state index in [4.69, 9.17) is 5.73 Å². The molecule has 2 N–H and O–H groups in total. The van der Waals surface area contributed by atoms with Crippen molar-refractivity contribution in [1.29, 1.82) is 0 Å². The van der Waals surface area contributed by atoms with Crippen LogP contribution in [-0.4, -0.2) is 0 Å². The maximum absolute atomic E-state index is 5.73. The molecule has 0 saturated heterocycles. The predicted octanol–water partition coefficient (Wildman–Crippen LogP) is 2.82. The average Bonchev–Trinajstić information content (AvgIpc) is 2.57. The minimum absolute atomic E-state index is 0.863. The van der Waals surface area contributed by atoms with E-state index in [0.29, 0.717) is 0 Å². The molecule has 0 aromatic heterocycles. The molecule has 1 nitrogen and oxygen atoms in total. The van der Waals surface area contributed by atoms with Crippen molar-refractivity contribution in [2.75, 3.05) is 5.73 Å². The van der Waals surface area contributed by atoms with Gasteiger partial charge in [-0.1, -0.05) is 12.1 Å². The first-order chi connectivity index (χ1) is 6.34. The van der Waals surface area contributed by atoms with Crippen LogP contribution in [0.2, 0.25) is 0 Å². The molecule has 0 heterocycles. The second-order valence-corrected chi connectivity index (χ2v) is 3.92. The van der Waals surface area contributed by atoms with Gasteiger partial charge in [0.05, 0.1) is 0 Å². The fourth-order valence-corrected chi connectivity index (χ4v) is 2.06. The Morgan fingerprint density at radius 1 is 1.38 bits per heavy atom. The van der Waals surface area contributed by atoms with Gasteiger partial charge in [-0.2, -0.15) is 0 Å². The van der Waals surface area contributed by atoms with Gasteiger partial charge in [-0.15, -0.1) is 0 Å². The first kappa shape index (κ1) is 8.61. The fraction of sp³-hybridized carbons (Fsp3) is 0.417. The van der Waals surface area contributed by atoms with E-state index in [1.807, 2.05) is 12.1 Å². The van der Waals surface area contributed by atoms with Gasteiger partial charge in [-0.05, 0) is 55.7 Å². The maximum Gasteiger partial charge on any atom is 0.0316 e. The Balaban J connectivity index is 2.00. The van der Waals surface area contributed by atoms with Gasteiger partial charge in [-0.3, -0.25) is 0 Å². The lowest BCUT2D eigenvalue weighted by Gasteiger charge is -2.08. The van der Waals surface area contributed by atoms with Crippen LogP contribution in [0.1, 0.15) is 24.8 Å². The number of benzene rings is 1. The highest BCUT2D eigenvalue weighted by atomic mass is 14.5. The zero-order chi connectivity index (χ0) is 9.10. The largest absolute Gasteiger partial charge is 0.399 e. The quantitative estimate of drug-likeness (QED) is 0.685. The van der Waals surface area contributed by atoms with Gasteiger partial charge in [-0.25, -0.2) is 0 Å².